The predicted octanol–water partition coefficient (Wildman–Crippen LogP) is 1.77. The molecule has 4 heteroatoms. The van der Waals surface area contributed by atoms with Gasteiger partial charge in [0, 0.05) is 44.5 Å². The van der Waals surface area contributed by atoms with Crippen molar-refractivity contribution in [3.8, 4) is 5.75 Å². The van der Waals surface area contributed by atoms with Gasteiger partial charge in [0.15, 0.2) is 0 Å². The lowest BCUT2D eigenvalue weighted by atomic mass is 10.1. The zero-order valence-electron chi connectivity index (χ0n) is 13.2. The van der Waals surface area contributed by atoms with Crippen LogP contribution in [0.2, 0.25) is 0 Å². The first-order chi connectivity index (χ1) is 9.60. The molecule has 1 saturated heterocycles. The molecular formula is C16H27N3O. The third kappa shape index (κ3) is 3.87. The van der Waals surface area contributed by atoms with Crippen LogP contribution in [0.4, 0.5) is 5.69 Å². The highest BCUT2D eigenvalue weighted by Crippen LogP contribution is 2.23. The van der Waals surface area contributed by atoms with Gasteiger partial charge in [0.25, 0.3) is 0 Å². The van der Waals surface area contributed by atoms with Crippen molar-refractivity contribution in [1.29, 1.82) is 0 Å². The average Bonchev–Trinajstić information content (AvgIpc) is 2.45. The number of likely N-dealkylation sites (N-methyl/N-ethyl adjacent to an activating group) is 1. The Balaban J connectivity index is 1.91. The topological polar surface area (TPSA) is 19.0 Å². The lowest BCUT2D eigenvalue weighted by molar-refractivity contribution is 0.207. The number of anilines is 1. The van der Waals surface area contributed by atoms with Crippen LogP contribution in [-0.2, 0) is 0 Å². The van der Waals surface area contributed by atoms with Crippen molar-refractivity contribution in [3.05, 3.63) is 24.3 Å². The van der Waals surface area contributed by atoms with Crippen LogP contribution in [0.5, 0.6) is 5.75 Å². The minimum Gasteiger partial charge on any atom is -0.497 e. The number of hydrogen-bond acceptors (Lipinski definition) is 4. The second-order valence-corrected chi connectivity index (χ2v) is 5.84. The molecule has 1 aromatic carbocycles. The van der Waals surface area contributed by atoms with Crippen molar-refractivity contribution in [2.75, 3.05) is 58.8 Å². The molecule has 1 fully saturated rings. The van der Waals surface area contributed by atoms with E-state index in [0.717, 1.165) is 38.5 Å². The fourth-order valence-electron chi connectivity index (χ4n) is 2.73. The van der Waals surface area contributed by atoms with Gasteiger partial charge in [-0.05, 0) is 45.3 Å². The van der Waals surface area contributed by atoms with Gasteiger partial charge in [-0.3, -0.25) is 4.90 Å². The van der Waals surface area contributed by atoms with Gasteiger partial charge in [-0.1, -0.05) is 0 Å². The third-order valence-corrected chi connectivity index (χ3v) is 3.98. The molecular weight excluding hydrogens is 250 g/mol. The molecule has 0 radical (unpaired) electrons. The molecule has 0 saturated carbocycles. The largest absolute Gasteiger partial charge is 0.497 e. The summed E-state index contributed by atoms with van der Waals surface area (Å²) in [5.41, 5.74) is 1.30. The van der Waals surface area contributed by atoms with Crippen molar-refractivity contribution in [1.82, 2.24) is 9.80 Å². The van der Waals surface area contributed by atoms with E-state index in [1.807, 2.05) is 12.1 Å². The van der Waals surface area contributed by atoms with Crippen LogP contribution in [0, 0.1) is 0 Å². The standard InChI is InChI=1S/C16H27N3O/c1-14-13-18(10-9-17(2)3)11-12-19(14)15-5-7-16(20-4)8-6-15/h5-8,14H,9-13H2,1-4H3. The van der Waals surface area contributed by atoms with Crippen LogP contribution in [0.1, 0.15) is 6.92 Å². The average molecular weight is 277 g/mol. The summed E-state index contributed by atoms with van der Waals surface area (Å²) >= 11 is 0. The van der Waals surface area contributed by atoms with Crippen LogP contribution < -0.4 is 9.64 Å². The quantitative estimate of drug-likeness (QED) is 0.816. The second kappa shape index (κ2) is 6.95. The Morgan fingerprint density at radius 2 is 1.90 bits per heavy atom. The Morgan fingerprint density at radius 1 is 1.20 bits per heavy atom. The van der Waals surface area contributed by atoms with E-state index in [0.29, 0.717) is 6.04 Å². The van der Waals surface area contributed by atoms with Crippen LogP contribution in [0.15, 0.2) is 24.3 Å². The molecule has 0 bridgehead atoms. The van der Waals surface area contributed by atoms with E-state index in [1.54, 1.807) is 7.11 Å². The number of rotatable bonds is 5. The van der Waals surface area contributed by atoms with Gasteiger partial charge in [0.05, 0.1) is 7.11 Å². The maximum Gasteiger partial charge on any atom is 0.119 e. The number of hydrogen-bond donors (Lipinski definition) is 0. The number of methoxy groups -OCH3 is 1. The maximum atomic E-state index is 5.22. The Morgan fingerprint density at radius 3 is 2.45 bits per heavy atom. The lowest BCUT2D eigenvalue weighted by Crippen LogP contribution is -2.53. The normalized spacial score (nSPS) is 20.4. The van der Waals surface area contributed by atoms with Gasteiger partial charge in [-0.15, -0.1) is 0 Å². The lowest BCUT2D eigenvalue weighted by Gasteiger charge is -2.41. The van der Waals surface area contributed by atoms with Crippen LogP contribution in [0.25, 0.3) is 0 Å². The van der Waals surface area contributed by atoms with E-state index < -0.39 is 0 Å². The summed E-state index contributed by atoms with van der Waals surface area (Å²) in [6.07, 6.45) is 0. The summed E-state index contributed by atoms with van der Waals surface area (Å²) in [4.78, 5) is 7.30. The van der Waals surface area contributed by atoms with Gasteiger partial charge in [-0.25, -0.2) is 0 Å². The summed E-state index contributed by atoms with van der Waals surface area (Å²) in [6.45, 7) is 7.99. The summed E-state index contributed by atoms with van der Waals surface area (Å²) < 4.78 is 5.22. The van der Waals surface area contributed by atoms with Gasteiger partial charge >= 0.3 is 0 Å². The Hall–Kier alpha value is -1.26. The van der Waals surface area contributed by atoms with E-state index in [-0.39, 0.29) is 0 Å². The van der Waals surface area contributed by atoms with Crippen molar-refractivity contribution in [3.63, 3.8) is 0 Å². The summed E-state index contributed by atoms with van der Waals surface area (Å²) in [6, 6.07) is 8.95. The van der Waals surface area contributed by atoms with E-state index in [4.69, 9.17) is 4.74 Å². The number of piperazine rings is 1. The number of benzene rings is 1. The molecule has 0 spiro atoms. The van der Waals surface area contributed by atoms with E-state index in [9.17, 15) is 0 Å². The minimum absolute atomic E-state index is 0.555. The highest BCUT2D eigenvalue weighted by molar-refractivity contribution is 5.50. The smallest absolute Gasteiger partial charge is 0.119 e. The van der Waals surface area contributed by atoms with E-state index >= 15 is 0 Å². The SMILES string of the molecule is COc1ccc(N2CCN(CCN(C)C)CC2C)cc1. The first-order valence-electron chi connectivity index (χ1n) is 7.38. The molecule has 4 nitrogen and oxygen atoms in total. The molecule has 20 heavy (non-hydrogen) atoms. The van der Waals surface area contributed by atoms with Gasteiger partial charge in [0.1, 0.15) is 5.75 Å². The maximum absolute atomic E-state index is 5.22. The monoisotopic (exact) mass is 277 g/mol. The number of nitrogens with zero attached hydrogens (tertiary/aromatic N) is 3. The Labute approximate surface area is 122 Å². The minimum atomic E-state index is 0.555. The molecule has 1 aliphatic heterocycles. The first-order valence-corrected chi connectivity index (χ1v) is 7.38. The molecule has 0 N–H and O–H groups in total. The van der Waals surface area contributed by atoms with Gasteiger partial charge in [0.2, 0.25) is 0 Å². The molecule has 0 aromatic heterocycles. The van der Waals surface area contributed by atoms with Crippen LogP contribution in [0.3, 0.4) is 0 Å². The van der Waals surface area contributed by atoms with Crippen LogP contribution in [-0.4, -0.2) is 69.8 Å². The fraction of sp³-hybridized carbons (Fsp3) is 0.625. The highest BCUT2D eigenvalue weighted by Gasteiger charge is 2.23. The molecule has 112 valence electrons. The summed E-state index contributed by atoms with van der Waals surface area (Å²) in [5.74, 6) is 0.922. The predicted molar refractivity (Wildman–Crippen MR) is 84.8 cm³/mol. The van der Waals surface area contributed by atoms with E-state index in [2.05, 4.69) is 47.9 Å². The molecule has 0 amide bonds. The third-order valence-electron chi connectivity index (χ3n) is 3.98. The fourth-order valence-corrected chi connectivity index (χ4v) is 2.73. The van der Waals surface area contributed by atoms with Crippen molar-refractivity contribution in [2.45, 2.75) is 13.0 Å². The zero-order chi connectivity index (χ0) is 14.5. The Kier molecular flexibility index (Phi) is 5.26. The Bertz CT molecular complexity index is 405. The van der Waals surface area contributed by atoms with Crippen molar-refractivity contribution < 1.29 is 4.74 Å². The van der Waals surface area contributed by atoms with Crippen LogP contribution >= 0.6 is 0 Å². The zero-order valence-corrected chi connectivity index (χ0v) is 13.2. The summed E-state index contributed by atoms with van der Waals surface area (Å²) in [5, 5.41) is 0. The van der Waals surface area contributed by atoms with E-state index in [1.165, 1.54) is 5.69 Å². The van der Waals surface area contributed by atoms with Crippen molar-refractivity contribution >= 4 is 5.69 Å². The molecule has 1 unspecified atom stereocenters. The first kappa shape index (κ1) is 15.1. The molecule has 1 aromatic rings. The van der Waals surface area contributed by atoms with Gasteiger partial charge in [-0.2, -0.15) is 0 Å². The molecule has 1 aliphatic rings. The molecule has 1 atom stereocenters. The molecule has 2 rings (SSSR count). The summed E-state index contributed by atoms with van der Waals surface area (Å²) in [7, 11) is 5.98. The highest BCUT2D eigenvalue weighted by atomic mass is 16.5. The van der Waals surface area contributed by atoms with Gasteiger partial charge < -0.3 is 14.5 Å². The van der Waals surface area contributed by atoms with Crippen molar-refractivity contribution in [2.24, 2.45) is 0 Å². The molecule has 1 heterocycles. The number of ether oxygens (including phenoxy) is 1. The second-order valence-electron chi connectivity index (χ2n) is 5.84. The molecule has 0 aliphatic carbocycles.